The molecule has 1 amide bonds. The fourth-order valence-electron chi connectivity index (χ4n) is 2.87. The van der Waals surface area contributed by atoms with Gasteiger partial charge in [-0.25, -0.2) is 0 Å². The Bertz CT molecular complexity index is 578. The van der Waals surface area contributed by atoms with Crippen molar-refractivity contribution in [2.75, 3.05) is 6.61 Å². The molecule has 0 bridgehead atoms. The van der Waals surface area contributed by atoms with Crippen LogP contribution in [0.5, 0.6) is 0 Å². The minimum absolute atomic E-state index is 0.0552. The van der Waals surface area contributed by atoms with Gasteiger partial charge in [0.15, 0.2) is 0 Å². The van der Waals surface area contributed by atoms with Gasteiger partial charge in [-0.15, -0.1) is 0 Å². The summed E-state index contributed by atoms with van der Waals surface area (Å²) in [6, 6.07) is 9.60. The van der Waals surface area contributed by atoms with E-state index < -0.39 is 12.2 Å². The maximum absolute atomic E-state index is 13.1. The zero-order valence-electron chi connectivity index (χ0n) is 15.1. The van der Waals surface area contributed by atoms with E-state index in [0.717, 1.165) is 12.0 Å². The molecule has 0 unspecified atom stereocenters. The third-order valence-corrected chi connectivity index (χ3v) is 5.02. The molecule has 1 aliphatic rings. The summed E-state index contributed by atoms with van der Waals surface area (Å²) >= 11 is 2.82. The maximum atomic E-state index is 13.1. The molecule has 25 heavy (non-hydrogen) atoms. The summed E-state index contributed by atoms with van der Waals surface area (Å²) in [5.74, 6) is -0.00489. The number of aliphatic hydroxyl groups excluding tert-OH is 1. The Hall–Kier alpha value is -1.20. The summed E-state index contributed by atoms with van der Waals surface area (Å²) < 4.78 is 11.9. The summed E-state index contributed by atoms with van der Waals surface area (Å²) in [5.41, 5.74) is 0.967. The van der Waals surface area contributed by atoms with Crippen molar-refractivity contribution in [2.24, 2.45) is 5.92 Å². The van der Waals surface area contributed by atoms with Crippen LogP contribution < -0.4 is 0 Å². The van der Waals surface area contributed by atoms with E-state index in [-0.39, 0.29) is 24.5 Å². The van der Waals surface area contributed by atoms with Gasteiger partial charge in [0.05, 0.1) is 0 Å². The van der Waals surface area contributed by atoms with E-state index in [9.17, 15) is 9.90 Å². The first-order valence-electron chi connectivity index (χ1n) is 8.79. The number of ether oxygens (including phenoxy) is 2. The summed E-state index contributed by atoms with van der Waals surface area (Å²) in [7, 11) is 0. The molecule has 0 aromatic heterocycles. The van der Waals surface area contributed by atoms with Gasteiger partial charge in [-0.2, -0.15) is 0 Å². The van der Waals surface area contributed by atoms with Crippen molar-refractivity contribution in [2.45, 2.75) is 58.5 Å². The number of nitrogens with zero attached hydrogens (tertiary/aromatic N) is 1. The van der Waals surface area contributed by atoms with Crippen molar-refractivity contribution in [1.82, 2.24) is 4.90 Å². The first kappa shape index (κ1) is 20.1. The molecule has 0 spiro atoms. The van der Waals surface area contributed by atoms with Gasteiger partial charge in [-0.05, 0) is 0 Å². The van der Waals surface area contributed by atoms with Gasteiger partial charge in [0.2, 0.25) is 0 Å². The van der Waals surface area contributed by atoms with Crippen LogP contribution >= 0.6 is 0 Å². The molecule has 6 heteroatoms. The number of hydrogen-bond acceptors (Lipinski definition) is 4. The Morgan fingerprint density at radius 2 is 2.08 bits per heavy atom. The predicted octanol–water partition coefficient (Wildman–Crippen LogP) is 1.87. The first-order valence-corrected chi connectivity index (χ1v) is 9.64. The number of aliphatic hydroxyl groups is 1. The molecule has 0 saturated carbocycles. The summed E-state index contributed by atoms with van der Waals surface area (Å²) in [4.78, 5) is 14.7. The van der Waals surface area contributed by atoms with Gasteiger partial charge in [0, 0.05) is 0 Å². The SMILES string of the molecule is CCC[C@H](O)[C@@H](OCc1ccccc1)C(=O)N1C(=[Se])OC[C@@H]1C(C)C. The van der Waals surface area contributed by atoms with Crippen LogP contribution in [0.4, 0.5) is 0 Å². The molecular weight excluding hydrogens is 385 g/mol. The van der Waals surface area contributed by atoms with Crippen LogP contribution in [0.2, 0.25) is 0 Å². The van der Waals surface area contributed by atoms with Crippen LogP contribution in [0.15, 0.2) is 30.3 Å². The standard InChI is InChI=1S/C19H27NO4Se/c1-4-8-16(21)17(23-11-14-9-6-5-7-10-14)18(22)20-15(13(2)3)12-24-19(20)25/h5-7,9-10,13,15-17,21H,4,8,11-12H2,1-3H3/t15-,16+,17-/m1/s1. The van der Waals surface area contributed by atoms with Crippen molar-refractivity contribution in [3.63, 3.8) is 0 Å². The third-order valence-electron chi connectivity index (χ3n) is 4.36. The van der Waals surface area contributed by atoms with Crippen LogP contribution in [0, 0.1) is 5.92 Å². The number of benzene rings is 1. The fourth-order valence-corrected chi connectivity index (χ4v) is 3.49. The molecule has 1 saturated heterocycles. The molecule has 1 aromatic carbocycles. The molecule has 1 aromatic rings. The number of carbonyl (C=O) groups is 1. The number of hydrogen-bond donors (Lipinski definition) is 1. The molecule has 1 fully saturated rings. The molecule has 5 nitrogen and oxygen atoms in total. The quantitative estimate of drug-likeness (QED) is 0.663. The molecule has 0 aliphatic carbocycles. The molecular formula is C19H27NO4Se. The van der Waals surface area contributed by atoms with Gasteiger partial charge in [-0.3, -0.25) is 0 Å². The zero-order valence-corrected chi connectivity index (χ0v) is 16.8. The van der Waals surface area contributed by atoms with E-state index in [1.54, 1.807) is 4.90 Å². The third kappa shape index (κ3) is 5.14. The Morgan fingerprint density at radius 3 is 2.68 bits per heavy atom. The second-order valence-electron chi connectivity index (χ2n) is 6.67. The zero-order chi connectivity index (χ0) is 18.4. The Labute approximate surface area is 157 Å². The van der Waals surface area contributed by atoms with E-state index in [0.29, 0.717) is 17.8 Å². The van der Waals surface area contributed by atoms with Crippen molar-refractivity contribution >= 4 is 26.2 Å². The molecule has 3 atom stereocenters. The van der Waals surface area contributed by atoms with Gasteiger partial charge in [0.1, 0.15) is 0 Å². The van der Waals surface area contributed by atoms with E-state index in [1.807, 2.05) is 37.3 Å². The Morgan fingerprint density at radius 1 is 1.40 bits per heavy atom. The fraction of sp³-hybridized carbons (Fsp3) is 0.579. The summed E-state index contributed by atoms with van der Waals surface area (Å²) in [5, 5.41) is 10.5. The Balaban J connectivity index is 2.15. The number of amides is 1. The van der Waals surface area contributed by atoms with E-state index in [2.05, 4.69) is 29.4 Å². The molecule has 1 N–H and O–H groups in total. The molecule has 1 heterocycles. The normalized spacial score (nSPS) is 19.8. The van der Waals surface area contributed by atoms with Gasteiger partial charge >= 0.3 is 157 Å². The second-order valence-corrected chi connectivity index (χ2v) is 7.40. The van der Waals surface area contributed by atoms with E-state index in [1.165, 1.54) is 0 Å². The molecule has 1 aliphatic heterocycles. The van der Waals surface area contributed by atoms with Gasteiger partial charge < -0.3 is 0 Å². The number of rotatable bonds is 8. The van der Waals surface area contributed by atoms with Gasteiger partial charge in [-0.1, -0.05) is 0 Å². The first-order chi connectivity index (χ1) is 12.0. The monoisotopic (exact) mass is 413 g/mol. The van der Waals surface area contributed by atoms with E-state index in [4.69, 9.17) is 9.47 Å². The van der Waals surface area contributed by atoms with E-state index >= 15 is 0 Å². The van der Waals surface area contributed by atoms with Crippen LogP contribution in [0.25, 0.3) is 0 Å². The van der Waals surface area contributed by atoms with Crippen LogP contribution in [0.1, 0.15) is 39.2 Å². The van der Waals surface area contributed by atoms with Gasteiger partial charge in [0.25, 0.3) is 0 Å². The summed E-state index contributed by atoms with van der Waals surface area (Å²) in [6.07, 6.45) is -0.470. The second kappa shape index (κ2) is 9.48. The summed E-state index contributed by atoms with van der Waals surface area (Å²) in [6.45, 7) is 6.82. The van der Waals surface area contributed by atoms with Crippen molar-refractivity contribution in [3.05, 3.63) is 35.9 Å². The van der Waals surface area contributed by atoms with Crippen molar-refractivity contribution in [3.8, 4) is 0 Å². The molecule has 138 valence electrons. The topological polar surface area (TPSA) is 59.0 Å². The average molecular weight is 412 g/mol. The Kier molecular flexibility index (Phi) is 7.63. The van der Waals surface area contributed by atoms with Crippen molar-refractivity contribution < 1.29 is 19.4 Å². The van der Waals surface area contributed by atoms with Crippen LogP contribution in [-0.2, 0) is 20.9 Å². The minimum atomic E-state index is -0.911. The molecule has 0 radical (unpaired) electrons. The average Bonchev–Trinajstić information content (AvgIpc) is 2.98. The number of carbonyl (C=O) groups excluding carboxylic acids is 1. The predicted molar refractivity (Wildman–Crippen MR) is 98.1 cm³/mol. The van der Waals surface area contributed by atoms with Crippen molar-refractivity contribution in [1.29, 1.82) is 0 Å². The van der Waals surface area contributed by atoms with Crippen LogP contribution in [-0.4, -0.2) is 61.1 Å². The van der Waals surface area contributed by atoms with Crippen LogP contribution in [0.3, 0.4) is 0 Å². The molecule has 2 rings (SSSR count).